The fraction of sp³-hybridized carbons (Fsp3) is 1.00. The van der Waals surface area contributed by atoms with E-state index in [2.05, 4.69) is 28.8 Å². The van der Waals surface area contributed by atoms with Crippen LogP contribution in [0.2, 0.25) is 0 Å². The summed E-state index contributed by atoms with van der Waals surface area (Å²) in [6.07, 6.45) is 4.45. The number of likely N-dealkylation sites (N-methyl/N-ethyl adjacent to an activating group) is 1. The molecule has 1 aliphatic carbocycles. The Hall–Kier alpha value is -0.210. The molecule has 7 heteroatoms. The minimum absolute atomic E-state index is 0.491. The average Bonchev–Trinajstić information content (AvgIpc) is 3.27. The van der Waals surface area contributed by atoms with Crippen LogP contribution in [0.4, 0.5) is 0 Å². The van der Waals surface area contributed by atoms with Crippen LogP contribution in [0.15, 0.2) is 0 Å². The van der Waals surface area contributed by atoms with Gasteiger partial charge in [-0.25, -0.2) is 4.72 Å². The van der Waals surface area contributed by atoms with Gasteiger partial charge >= 0.3 is 0 Å². The van der Waals surface area contributed by atoms with Crippen LogP contribution >= 0.6 is 0 Å². The van der Waals surface area contributed by atoms with Crippen LogP contribution in [0.25, 0.3) is 0 Å². The van der Waals surface area contributed by atoms with Crippen LogP contribution in [-0.2, 0) is 10.2 Å². The monoisotopic (exact) mass is 320 g/mol. The van der Waals surface area contributed by atoms with Crippen molar-refractivity contribution in [3.8, 4) is 0 Å². The van der Waals surface area contributed by atoms with Gasteiger partial charge in [-0.3, -0.25) is 4.90 Å². The second-order valence-corrected chi connectivity index (χ2v) is 7.55. The van der Waals surface area contributed by atoms with E-state index in [0.29, 0.717) is 19.1 Å². The normalized spacial score (nSPS) is 16.0. The van der Waals surface area contributed by atoms with Crippen LogP contribution < -0.4 is 10.0 Å². The van der Waals surface area contributed by atoms with Crippen LogP contribution in [0.3, 0.4) is 0 Å². The molecule has 0 unspecified atom stereocenters. The molecule has 0 atom stereocenters. The Morgan fingerprint density at radius 2 is 1.81 bits per heavy atom. The highest BCUT2D eigenvalue weighted by Crippen LogP contribution is 2.25. The van der Waals surface area contributed by atoms with Crippen LogP contribution in [0.1, 0.15) is 39.5 Å². The third-order valence-corrected chi connectivity index (χ3v) is 5.39. The molecule has 0 amide bonds. The molecule has 0 heterocycles. The van der Waals surface area contributed by atoms with Crippen molar-refractivity contribution in [2.75, 3.05) is 46.3 Å². The average molecular weight is 321 g/mol. The Morgan fingerprint density at radius 1 is 1.10 bits per heavy atom. The molecular weight excluding hydrogens is 288 g/mol. The van der Waals surface area contributed by atoms with Gasteiger partial charge in [0, 0.05) is 32.7 Å². The molecule has 0 saturated heterocycles. The topological polar surface area (TPSA) is 64.7 Å². The summed E-state index contributed by atoms with van der Waals surface area (Å²) in [5.41, 5.74) is 0. The molecule has 0 radical (unpaired) electrons. The van der Waals surface area contributed by atoms with E-state index < -0.39 is 10.2 Å². The minimum atomic E-state index is -3.33. The van der Waals surface area contributed by atoms with E-state index in [-0.39, 0.29) is 0 Å². The second-order valence-electron chi connectivity index (χ2n) is 5.68. The Bertz CT molecular complexity index is 371. The molecule has 0 aromatic carbocycles. The first-order chi connectivity index (χ1) is 10.0. The molecular formula is C14H32N4O2S. The molecule has 0 bridgehead atoms. The fourth-order valence-corrected chi connectivity index (χ4v) is 3.25. The lowest BCUT2D eigenvalue weighted by molar-refractivity contribution is 0.281. The highest BCUT2D eigenvalue weighted by molar-refractivity contribution is 7.87. The molecule has 1 saturated carbocycles. The van der Waals surface area contributed by atoms with Crippen LogP contribution in [-0.4, -0.2) is 70.0 Å². The largest absolute Gasteiger partial charge is 0.317 e. The molecule has 6 nitrogen and oxygen atoms in total. The molecule has 2 N–H and O–H groups in total. The van der Waals surface area contributed by atoms with Crippen molar-refractivity contribution in [3.63, 3.8) is 0 Å². The van der Waals surface area contributed by atoms with Gasteiger partial charge in [-0.05, 0) is 45.3 Å². The smallest absolute Gasteiger partial charge is 0.279 e. The summed E-state index contributed by atoms with van der Waals surface area (Å²) in [7, 11) is -1.69. The SMILES string of the molecule is CCCNCCCN(C)S(=O)(=O)NCCN(CC)C1CC1. The lowest BCUT2D eigenvalue weighted by atomic mass is 10.4. The minimum Gasteiger partial charge on any atom is -0.317 e. The maximum Gasteiger partial charge on any atom is 0.279 e. The van der Waals surface area contributed by atoms with Gasteiger partial charge in [0.25, 0.3) is 10.2 Å². The lowest BCUT2D eigenvalue weighted by Crippen LogP contribution is -2.43. The zero-order valence-electron chi connectivity index (χ0n) is 13.8. The van der Waals surface area contributed by atoms with Crippen molar-refractivity contribution in [3.05, 3.63) is 0 Å². The van der Waals surface area contributed by atoms with Crippen molar-refractivity contribution in [1.29, 1.82) is 0 Å². The maximum atomic E-state index is 12.1. The standard InChI is InChI=1S/C14H32N4O2S/c1-4-9-15-10-6-12-17(3)21(19,20)16-11-13-18(5-2)14-7-8-14/h14-16H,4-13H2,1-3H3. The van der Waals surface area contributed by atoms with Gasteiger partial charge in [0.2, 0.25) is 0 Å². The third-order valence-electron chi connectivity index (χ3n) is 3.82. The molecule has 1 fully saturated rings. The quantitative estimate of drug-likeness (QED) is 0.489. The van der Waals surface area contributed by atoms with Gasteiger partial charge in [-0.1, -0.05) is 13.8 Å². The zero-order chi connectivity index (χ0) is 15.7. The van der Waals surface area contributed by atoms with Gasteiger partial charge in [0.05, 0.1) is 0 Å². The first-order valence-electron chi connectivity index (χ1n) is 8.17. The van der Waals surface area contributed by atoms with Gasteiger partial charge < -0.3 is 5.32 Å². The van der Waals surface area contributed by atoms with Crippen molar-refractivity contribution in [2.45, 2.75) is 45.6 Å². The highest BCUT2D eigenvalue weighted by atomic mass is 32.2. The molecule has 0 spiro atoms. The number of hydrogen-bond acceptors (Lipinski definition) is 4. The zero-order valence-corrected chi connectivity index (χ0v) is 14.6. The summed E-state index contributed by atoms with van der Waals surface area (Å²) in [6.45, 7) is 8.92. The van der Waals surface area contributed by atoms with E-state index in [0.717, 1.165) is 39.0 Å². The van der Waals surface area contributed by atoms with Gasteiger partial charge in [0.1, 0.15) is 0 Å². The number of nitrogens with zero attached hydrogens (tertiary/aromatic N) is 2. The second kappa shape index (κ2) is 9.74. The number of hydrogen-bond donors (Lipinski definition) is 2. The predicted molar refractivity (Wildman–Crippen MR) is 87.6 cm³/mol. The molecule has 126 valence electrons. The Morgan fingerprint density at radius 3 is 2.38 bits per heavy atom. The molecule has 21 heavy (non-hydrogen) atoms. The van der Waals surface area contributed by atoms with Gasteiger partial charge in [-0.2, -0.15) is 12.7 Å². The van der Waals surface area contributed by atoms with Crippen LogP contribution in [0.5, 0.6) is 0 Å². The Labute approximate surface area is 130 Å². The van der Waals surface area contributed by atoms with E-state index in [9.17, 15) is 8.42 Å². The first-order valence-corrected chi connectivity index (χ1v) is 9.61. The summed E-state index contributed by atoms with van der Waals surface area (Å²) < 4.78 is 28.3. The van der Waals surface area contributed by atoms with Gasteiger partial charge in [-0.15, -0.1) is 0 Å². The van der Waals surface area contributed by atoms with E-state index in [1.54, 1.807) is 7.05 Å². The number of rotatable bonds is 13. The maximum absolute atomic E-state index is 12.1. The summed E-state index contributed by atoms with van der Waals surface area (Å²) in [4.78, 5) is 2.34. The van der Waals surface area contributed by atoms with Crippen molar-refractivity contribution in [1.82, 2.24) is 19.2 Å². The van der Waals surface area contributed by atoms with Gasteiger partial charge in [0.15, 0.2) is 0 Å². The van der Waals surface area contributed by atoms with E-state index in [1.807, 2.05) is 0 Å². The fourth-order valence-electron chi connectivity index (χ4n) is 2.32. The summed E-state index contributed by atoms with van der Waals surface area (Å²) in [6, 6.07) is 0.682. The molecule has 0 aromatic rings. The molecule has 1 aliphatic rings. The van der Waals surface area contributed by atoms with Crippen molar-refractivity contribution in [2.24, 2.45) is 0 Å². The van der Waals surface area contributed by atoms with E-state index in [4.69, 9.17) is 0 Å². The van der Waals surface area contributed by atoms with E-state index in [1.165, 1.54) is 17.1 Å². The Kier molecular flexibility index (Phi) is 8.73. The predicted octanol–water partition coefficient (Wildman–Crippen LogP) is 0.627. The highest BCUT2D eigenvalue weighted by Gasteiger charge is 2.27. The molecule has 1 rings (SSSR count). The molecule has 0 aliphatic heterocycles. The summed E-state index contributed by atoms with van der Waals surface area (Å²) in [5, 5.41) is 3.28. The third kappa shape index (κ3) is 7.56. The van der Waals surface area contributed by atoms with Crippen LogP contribution in [0, 0.1) is 0 Å². The number of nitrogens with one attached hydrogen (secondary N) is 2. The Balaban J connectivity index is 2.18. The summed E-state index contributed by atoms with van der Waals surface area (Å²) >= 11 is 0. The van der Waals surface area contributed by atoms with E-state index >= 15 is 0 Å². The lowest BCUT2D eigenvalue weighted by Gasteiger charge is -2.22. The van der Waals surface area contributed by atoms with Crippen molar-refractivity contribution >= 4 is 10.2 Å². The first kappa shape index (κ1) is 18.8. The molecule has 0 aromatic heterocycles. The van der Waals surface area contributed by atoms with Crippen molar-refractivity contribution < 1.29 is 8.42 Å². The summed E-state index contributed by atoms with van der Waals surface area (Å²) in [5.74, 6) is 0.